The Morgan fingerprint density at radius 2 is 1.85 bits per heavy atom. The van der Waals surface area contributed by atoms with Crippen LogP contribution in [0, 0.1) is 0 Å². The Hall–Kier alpha value is -1.06. The van der Waals surface area contributed by atoms with Gasteiger partial charge in [-0.05, 0) is 25.7 Å². The van der Waals surface area contributed by atoms with Gasteiger partial charge in [0.15, 0.2) is 0 Å². The lowest BCUT2D eigenvalue weighted by Crippen LogP contribution is -2.46. The van der Waals surface area contributed by atoms with Gasteiger partial charge in [0.1, 0.15) is 0 Å². The van der Waals surface area contributed by atoms with E-state index < -0.39 is 11.6 Å². The number of rotatable bonds is 9. The first-order valence-electron chi connectivity index (χ1n) is 7.95. The average molecular weight is 284 g/mol. The zero-order valence-electron chi connectivity index (χ0n) is 12.9. The molecule has 0 amide bonds. The Labute approximate surface area is 122 Å². The van der Waals surface area contributed by atoms with Crippen LogP contribution in [0.25, 0.3) is 0 Å². The van der Waals surface area contributed by atoms with Crippen molar-refractivity contribution in [1.29, 1.82) is 0 Å². The van der Waals surface area contributed by atoms with Gasteiger partial charge in [-0.3, -0.25) is 4.79 Å². The van der Waals surface area contributed by atoms with Gasteiger partial charge in [-0.25, -0.2) is 4.79 Å². The van der Waals surface area contributed by atoms with Crippen LogP contribution in [0.5, 0.6) is 0 Å². The second-order valence-corrected chi connectivity index (χ2v) is 5.68. The molecule has 0 bridgehead atoms. The van der Waals surface area contributed by atoms with Gasteiger partial charge in [-0.2, -0.15) is 0 Å². The van der Waals surface area contributed by atoms with E-state index in [2.05, 4.69) is 6.92 Å². The fraction of sp³-hybridized carbons (Fsp3) is 0.875. The minimum absolute atomic E-state index is 0.274. The molecule has 1 atom stereocenters. The number of hydrogen-bond donors (Lipinski definition) is 0. The number of unbranched alkanes of at least 4 members (excludes halogenated alkanes) is 6. The van der Waals surface area contributed by atoms with Crippen molar-refractivity contribution >= 4 is 11.9 Å². The first-order chi connectivity index (χ1) is 9.64. The second kappa shape index (κ2) is 8.98. The monoisotopic (exact) mass is 284 g/mol. The van der Waals surface area contributed by atoms with Crippen LogP contribution >= 0.6 is 0 Å². The molecule has 0 aliphatic carbocycles. The van der Waals surface area contributed by atoms with Crippen LogP contribution in [0.3, 0.4) is 0 Å². The van der Waals surface area contributed by atoms with Crippen molar-refractivity contribution in [3.05, 3.63) is 0 Å². The number of esters is 2. The molecule has 0 aromatic rings. The van der Waals surface area contributed by atoms with Crippen molar-refractivity contribution < 1.29 is 19.1 Å². The van der Waals surface area contributed by atoms with Crippen molar-refractivity contribution in [2.24, 2.45) is 0 Å². The molecule has 1 heterocycles. The van der Waals surface area contributed by atoms with Gasteiger partial charge in [0, 0.05) is 6.42 Å². The number of carbonyl (C=O) groups is 2. The van der Waals surface area contributed by atoms with Gasteiger partial charge in [-0.15, -0.1) is 0 Å². The molecular weight excluding hydrogens is 256 g/mol. The summed E-state index contributed by atoms with van der Waals surface area (Å²) < 4.78 is 10.2. The van der Waals surface area contributed by atoms with Crippen LogP contribution in [-0.4, -0.2) is 24.6 Å². The third kappa shape index (κ3) is 5.14. The van der Waals surface area contributed by atoms with Crippen molar-refractivity contribution in [2.45, 2.75) is 83.2 Å². The lowest BCUT2D eigenvalue weighted by Gasteiger charge is -2.34. The summed E-state index contributed by atoms with van der Waals surface area (Å²) in [5.74, 6) is -0.666. The maximum atomic E-state index is 11.9. The first kappa shape index (κ1) is 17.0. The minimum Gasteiger partial charge on any atom is -0.466 e. The van der Waals surface area contributed by atoms with Crippen molar-refractivity contribution in [2.75, 3.05) is 7.11 Å². The maximum absolute atomic E-state index is 11.9. The molecule has 0 radical (unpaired) electrons. The zero-order chi connectivity index (χ0) is 14.8. The molecule has 1 saturated heterocycles. The summed E-state index contributed by atoms with van der Waals surface area (Å²) in [6.07, 6.45) is 10.6. The summed E-state index contributed by atoms with van der Waals surface area (Å²) in [4.78, 5) is 23.4. The minimum atomic E-state index is -1.01. The van der Waals surface area contributed by atoms with Crippen LogP contribution in [0.2, 0.25) is 0 Å². The normalized spacial score (nSPS) is 22.4. The summed E-state index contributed by atoms with van der Waals surface area (Å²) >= 11 is 0. The van der Waals surface area contributed by atoms with E-state index in [1.807, 2.05) is 0 Å². The van der Waals surface area contributed by atoms with E-state index in [9.17, 15) is 9.59 Å². The number of cyclic esters (lactones) is 1. The number of methoxy groups -OCH3 is 1. The predicted molar refractivity (Wildman–Crippen MR) is 77.3 cm³/mol. The van der Waals surface area contributed by atoms with Crippen LogP contribution in [0.4, 0.5) is 0 Å². The van der Waals surface area contributed by atoms with Crippen LogP contribution in [-0.2, 0) is 19.1 Å². The topological polar surface area (TPSA) is 52.6 Å². The Kier molecular flexibility index (Phi) is 7.63. The molecule has 1 aliphatic rings. The van der Waals surface area contributed by atoms with E-state index in [4.69, 9.17) is 9.47 Å². The van der Waals surface area contributed by atoms with Gasteiger partial charge in [0.05, 0.1) is 7.11 Å². The lowest BCUT2D eigenvalue weighted by atomic mass is 9.88. The van der Waals surface area contributed by atoms with E-state index in [0.29, 0.717) is 25.7 Å². The highest BCUT2D eigenvalue weighted by Gasteiger charge is 2.45. The first-order valence-corrected chi connectivity index (χ1v) is 7.95. The van der Waals surface area contributed by atoms with E-state index in [-0.39, 0.29) is 5.97 Å². The van der Waals surface area contributed by atoms with E-state index in [1.54, 1.807) is 0 Å². The number of hydrogen-bond acceptors (Lipinski definition) is 4. The van der Waals surface area contributed by atoms with Gasteiger partial charge in [-0.1, -0.05) is 45.4 Å². The average Bonchev–Trinajstić information content (AvgIpc) is 2.45. The molecule has 0 unspecified atom stereocenters. The summed E-state index contributed by atoms with van der Waals surface area (Å²) in [7, 11) is 1.36. The van der Waals surface area contributed by atoms with Crippen molar-refractivity contribution in [3.63, 3.8) is 0 Å². The third-order valence-corrected chi connectivity index (χ3v) is 4.01. The highest BCUT2D eigenvalue weighted by molar-refractivity contribution is 5.84. The Balaban J connectivity index is 2.34. The SMILES string of the molecule is CCCCCCCCC[C@@]1(C(=O)OC)CCCC(=O)O1. The summed E-state index contributed by atoms with van der Waals surface area (Å²) in [5.41, 5.74) is -1.01. The standard InChI is InChI=1S/C16H28O4/c1-3-4-5-6-7-8-9-12-16(15(18)19-2)13-10-11-14(17)20-16/h3-13H2,1-2H3/t16-/m0/s1. The fourth-order valence-electron chi connectivity index (χ4n) is 2.81. The van der Waals surface area contributed by atoms with Gasteiger partial charge >= 0.3 is 11.9 Å². The molecule has 1 fully saturated rings. The largest absolute Gasteiger partial charge is 0.466 e. The second-order valence-electron chi connectivity index (χ2n) is 5.68. The zero-order valence-corrected chi connectivity index (χ0v) is 12.9. The Bertz CT molecular complexity index is 314. The lowest BCUT2D eigenvalue weighted by molar-refractivity contribution is -0.188. The smallest absolute Gasteiger partial charge is 0.350 e. The molecule has 1 aliphatic heterocycles. The Morgan fingerprint density at radius 3 is 2.45 bits per heavy atom. The summed E-state index contributed by atoms with van der Waals surface area (Å²) in [6.45, 7) is 2.21. The fourth-order valence-corrected chi connectivity index (χ4v) is 2.81. The summed E-state index contributed by atoms with van der Waals surface area (Å²) in [6, 6.07) is 0. The predicted octanol–water partition coefficient (Wildman–Crippen LogP) is 3.77. The molecule has 0 aromatic carbocycles. The molecule has 4 heteroatoms. The van der Waals surface area contributed by atoms with Gasteiger partial charge in [0.2, 0.25) is 5.60 Å². The molecule has 4 nitrogen and oxygen atoms in total. The maximum Gasteiger partial charge on any atom is 0.350 e. The number of ether oxygens (including phenoxy) is 2. The molecule has 0 spiro atoms. The van der Waals surface area contributed by atoms with Gasteiger partial charge in [0.25, 0.3) is 0 Å². The van der Waals surface area contributed by atoms with Crippen LogP contribution in [0.1, 0.15) is 77.6 Å². The van der Waals surface area contributed by atoms with E-state index in [0.717, 1.165) is 12.8 Å². The van der Waals surface area contributed by atoms with E-state index in [1.165, 1.54) is 39.2 Å². The molecule has 1 rings (SSSR count). The molecule has 0 aromatic heterocycles. The molecule has 0 saturated carbocycles. The molecule has 0 N–H and O–H groups in total. The summed E-state index contributed by atoms with van der Waals surface area (Å²) in [5, 5.41) is 0. The molecule has 116 valence electrons. The molecule has 20 heavy (non-hydrogen) atoms. The van der Waals surface area contributed by atoms with Crippen molar-refractivity contribution in [3.8, 4) is 0 Å². The highest BCUT2D eigenvalue weighted by Crippen LogP contribution is 2.32. The van der Waals surface area contributed by atoms with E-state index >= 15 is 0 Å². The van der Waals surface area contributed by atoms with Crippen LogP contribution in [0.15, 0.2) is 0 Å². The van der Waals surface area contributed by atoms with Crippen LogP contribution < -0.4 is 0 Å². The highest BCUT2D eigenvalue weighted by atomic mass is 16.6. The van der Waals surface area contributed by atoms with Crippen molar-refractivity contribution in [1.82, 2.24) is 0 Å². The van der Waals surface area contributed by atoms with Gasteiger partial charge < -0.3 is 9.47 Å². The third-order valence-electron chi connectivity index (χ3n) is 4.01. The molecular formula is C16H28O4. The number of carbonyl (C=O) groups excluding carboxylic acids is 2. The Morgan fingerprint density at radius 1 is 1.20 bits per heavy atom. The quantitative estimate of drug-likeness (QED) is 0.478.